The van der Waals surface area contributed by atoms with E-state index < -0.39 is 0 Å². The number of benzene rings is 1. The van der Waals surface area contributed by atoms with Crippen LogP contribution in [0.2, 0.25) is 0 Å². The molecule has 0 bridgehead atoms. The Morgan fingerprint density at radius 2 is 2.12 bits per heavy atom. The average molecular weight is 230 g/mol. The van der Waals surface area contributed by atoms with E-state index in [1.807, 2.05) is 30.3 Å². The molecule has 0 saturated carbocycles. The molecule has 0 aliphatic heterocycles. The van der Waals surface area contributed by atoms with E-state index in [9.17, 15) is 4.79 Å². The number of hydrogen-bond donors (Lipinski definition) is 3. The van der Waals surface area contributed by atoms with E-state index in [0.29, 0.717) is 12.2 Å². The minimum atomic E-state index is -0.220. The number of urea groups is 1. The number of amides is 2. The Kier molecular flexibility index (Phi) is 3.75. The molecule has 5 nitrogen and oxygen atoms in total. The summed E-state index contributed by atoms with van der Waals surface area (Å²) in [6.45, 7) is 0.605. The van der Waals surface area contributed by atoms with Crippen LogP contribution in [0.25, 0.3) is 0 Å². The summed E-state index contributed by atoms with van der Waals surface area (Å²) < 4.78 is 0. The maximum absolute atomic E-state index is 11.4. The minimum absolute atomic E-state index is 0.220. The van der Waals surface area contributed by atoms with Gasteiger partial charge in [0.05, 0.1) is 11.9 Å². The molecule has 3 N–H and O–H groups in total. The number of hydrogen-bond acceptors (Lipinski definition) is 2. The van der Waals surface area contributed by atoms with Gasteiger partial charge in [0.1, 0.15) is 0 Å². The van der Waals surface area contributed by atoms with Crippen molar-refractivity contribution in [2.24, 2.45) is 0 Å². The monoisotopic (exact) mass is 230 g/mol. The van der Waals surface area contributed by atoms with Crippen molar-refractivity contribution in [1.82, 2.24) is 15.5 Å². The van der Waals surface area contributed by atoms with Gasteiger partial charge in [0.15, 0.2) is 0 Å². The Labute approximate surface area is 99.2 Å². The van der Waals surface area contributed by atoms with Crippen LogP contribution in [-0.4, -0.2) is 22.8 Å². The summed E-state index contributed by atoms with van der Waals surface area (Å²) in [7, 11) is 0. The highest BCUT2D eigenvalue weighted by Crippen LogP contribution is 2.00. The number of carbonyl (C=O) groups is 1. The molecule has 0 aliphatic rings. The Bertz CT molecular complexity index is 453. The molecule has 17 heavy (non-hydrogen) atoms. The molecule has 0 saturated heterocycles. The third-order valence-electron chi connectivity index (χ3n) is 2.30. The van der Waals surface area contributed by atoms with Gasteiger partial charge < -0.3 is 10.6 Å². The van der Waals surface area contributed by atoms with Crippen LogP contribution in [0.4, 0.5) is 10.5 Å². The second kappa shape index (κ2) is 5.69. The first-order chi connectivity index (χ1) is 8.34. The topological polar surface area (TPSA) is 69.8 Å². The summed E-state index contributed by atoms with van der Waals surface area (Å²) >= 11 is 0. The van der Waals surface area contributed by atoms with E-state index >= 15 is 0 Å². The molecule has 0 spiro atoms. The molecule has 1 aromatic heterocycles. The maximum atomic E-state index is 11.4. The fourth-order valence-electron chi connectivity index (χ4n) is 1.46. The molecule has 0 fully saturated rings. The van der Waals surface area contributed by atoms with Gasteiger partial charge in [0.2, 0.25) is 0 Å². The SMILES string of the molecule is O=C(NCCc1ccccc1)Nc1cn[nH]c1. The summed E-state index contributed by atoms with van der Waals surface area (Å²) in [5.41, 5.74) is 1.86. The number of rotatable bonds is 4. The van der Waals surface area contributed by atoms with Gasteiger partial charge in [-0.15, -0.1) is 0 Å². The van der Waals surface area contributed by atoms with Crippen molar-refractivity contribution in [3.05, 3.63) is 48.3 Å². The van der Waals surface area contributed by atoms with Gasteiger partial charge in [-0.3, -0.25) is 5.10 Å². The lowest BCUT2D eigenvalue weighted by Gasteiger charge is -2.05. The van der Waals surface area contributed by atoms with E-state index in [2.05, 4.69) is 20.8 Å². The fraction of sp³-hybridized carbons (Fsp3) is 0.167. The van der Waals surface area contributed by atoms with Crippen LogP contribution in [0, 0.1) is 0 Å². The van der Waals surface area contributed by atoms with E-state index in [1.54, 1.807) is 12.4 Å². The first-order valence-electron chi connectivity index (χ1n) is 5.42. The molecule has 2 aromatic rings. The first-order valence-corrected chi connectivity index (χ1v) is 5.42. The van der Waals surface area contributed by atoms with Crippen molar-refractivity contribution < 1.29 is 4.79 Å². The number of aromatic nitrogens is 2. The summed E-state index contributed by atoms with van der Waals surface area (Å²) in [5, 5.41) is 11.8. The number of nitrogens with one attached hydrogen (secondary N) is 3. The number of H-pyrrole nitrogens is 1. The zero-order valence-corrected chi connectivity index (χ0v) is 9.31. The molecule has 2 rings (SSSR count). The molecule has 0 aliphatic carbocycles. The zero-order valence-electron chi connectivity index (χ0n) is 9.31. The molecule has 2 amide bonds. The van der Waals surface area contributed by atoms with Gasteiger partial charge in [-0.05, 0) is 12.0 Å². The van der Waals surface area contributed by atoms with Gasteiger partial charge in [0.25, 0.3) is 0 Å². The summed E-state index contributed by atoms with van der Waals surface area (Å²) in [4.78, 5) is 11.4. The number of anilines is 1. The molecular weight excluding hydrogens is 216 g/mol. The van der Waals surface area contributed by atoms with E-state index in [-0.39, 0.29) is 6.03 Å². The van der Waals surface area contributed by atoms with Gasteiger partial charge in [-0.2, -0.15) is 5.10 Å². The van der Waals surface area contributed by atoms with Gasteiger partial charge in [0, 0.05) is 12.7 Å². The Balaban J connectivity index is 1.70. The molecule has 5 heteroatoms. The van der Waals surface area contributed by atoms with Crippen molar-refractivity contribution in [2.75, 3.05) is 11.9 Å². The van der Waals surface area contributed by atoms with Gasteiger partial charge in [-0.25, -0.2) is 4.79 Å². The second-order valence-corrected chi connectivity index (χ2v) is 3.60. The van der Waals surface area contributed by atoms with Crippen LogP contribution < -0.4 is 10.6 Å². The number of aromatic amines is 1. The largest absolute Gasteiger partial charge is 0.338 e. The Hall–Kier alpha value is -2.30. The van der Waals surface area contributed by atoms with Crippen LogP contribution in [0.5, 0.6) is 0 Å². The first kappa shape index (κ1) is 11.2. The zero-order chi connectivity index (χ0) is 11.9. The van der Waals surface area contributed by atoms with E-state index in [0.717, 1.165) is 6.42 Å². The molecular formula is C12H14N4O. The third kappa shape index (κ3) is 3.64. The van der Waals surface area contributed by atoms with Crippen LogP contribution >= 0.6 is 0 Å². The normalized spacial score (nSPS) is 9.88. The van der Waals surface area contributed by atoms with Crippen LogP contribution in [0.15, 0.2) is 42.7 Å². The van der Waals surface area contributed by atoms with Crippen LogP contribution in [-0.2, 0) is 6.42 Å². The van der Waals surface area contributed by atoms with Crippen molar-refractivity contribution in [2.45, 2.75) is 6.42 Å². The smallest absolute Gasteiger partial charge is 0.319 e. The Morgan fingerprint density at radius 1 is 1.29 bits per heavy atom. The lowest BCUT2D eigenvalue weighted by molar-refractivity contribution is 0.252. The van der Waals surface area contributed by atoms with E-state index in [1.165, 1.54) is 5.56 Å². The molecule has 1 heterocycles. The van der Waals surface area contributed by atoms with Crippen molar-refractivity contribution >= 4 is 11.7 Å². The predicted molar refractivity (Wildman–Crippen MR) is 65.8 cm³/mol. The quantitative estimate of drug-likeness (QED) is 0.749. The standard InChI is InChI=1S/C12H14N4O/c17-12(16-11-8-14-15-9-11)13-7-6-10-4-2-1-3-5-10/h1-5,8-9H,6-7H2,(H,14,15)(H2,13,16,17). The third-order valence-corrected chi connectivity index (χ3v) is 2.30. The van der Waals surface area contributed by atoms with Gasteiger partial charge in [-0.1, -0.05) is 30.3 Å². The highest BCUT2D eigenvalue weighted by atomic mass is 16.2. The molecule has 88 valence electrons. The second-order valence-electron chi connectivity index (χ2n) is 3.60. The van der Waals surface area contributed by atoms with Crippen LogP contribution in [0.1, 0.15) is 5.56 Å². The lowest BCUT2D eigenvalue weighted by Crippen LogP contribution is -2.30. The average Bonchev–Trinajstić information content (AvgIpc) is 2.83. The number of nitrogens with zero attached hydrogens (tertiary/aromatic N) is 1. The van der Waals surface area contributed by atoms with Gasteiger partial charge >= 0.3 is 6.03 Å². The lowest BCUT2D eigenvalue weighted by atomic mass is 10.1. The summed E-state index contributed by atoms with van der Waals surface area (Å²) in [5.74, 6) is 0. The highest BCUT2D eigenvalue weighted by Gasteiger charge is 2.01. The highest BCUT2D eigenvalue weighted by molar-refractivity contribution is 5.88. The number of carbonyl (C=O) groups excluding carboxylic acids is 1. The molecule has 1 aromatic carbocycles. The maximum Gasteiger partial charge on any atom is 0.319 e. The predicted octanol–water partition coefficient (Wildman–Crippen LogP) is 1.77. The molecule has 0 radical (unpaired) electrons. The molecule has 0 unspecified atom stereocenters. The Morgan fingerprint density at radius 3 is 2.82 bits per heavy atom. The summed E-state index contributed by atoms with van der Waals surface area (Å²) in [6.07, 6.45) is 3.99. The summed E-state index contributed by atoms with van der Waals surface area (Å²) in [6, 6.07) is 9.80. The minimum Gasteiger partial charge on any atom is -0.338 e. The molecule has 0 atom stereocenters. The van der Waals surface area contributed by atoms with E-state index in [4.69, 9.17) is 0 Å². The van der Waals surface area contributed by atoms with Crippen molar-refractivity contribution in [1.29, 1.82) is 0 Å². The fourth-order valence-corrected chi connectivity index (χ4v) is 1.46. The van der Waals surface area contributed by atoms with Crippen LogP contribution in [0.3, 0.4) is 0 Å². The van der Waals surface area contributed by atoms with Crippen molar-refractivity contribution in [3.8, 4) is 0 Å². The van der Waals surface area contributed by atoms with Crippen molar-refractivity contribution in [3.63, 3.8) is 0 Å².